The van der Waals surface area contributed by atoms with Gasteiger partial charge in [0.15, 0.2) is 11.2 Å². The van der Waals surface area contributed by atoms with Crippen molar-refractivity contribution in [3.63, 3.8) is 0 Å². The second-order valence-corrected chi connectivity index (χ2v) is 10.7. The number of β-lactam (4-membered cyclic amide) rings is 1. The van der Waals surface area contributed by atoms with Gasteiger partial charge in [0.25, 0.3) is 11.8 Å². The van der Waals surface area contributed by atoms with Gasteiger partial charge in [-0.05, 0) is 21.9 Å². The van der Waals surface area contributed by atoms with Crippen LogP contribution in [0.1, 0.15) is 29.0 Å². The lowest BCUT2D eigenvalue weighted by molar-refractivity contribution is -0.154. The zero-order chi connectivity index (χ0) is 27.5. The number of carbonyl (C=O) groups is 3. The molecule has 39 heavy (non-hydrogen) atoms. The van der Waals surface area contributed by atoms with E-state index in [0.717, 1.165) is 22.5 Å². The van der Waals surface area contributed by atoms with Crippen LogP contribution >= 0.6 is 23.1 Å². The summed E-state index contributed by atoms with van der Waals surface area (Å²) >= 11 is 2.43. The van der Waals surface area contributed by atoms with Crippen molar-refractivity contribution in [1.82, 2.24) is 15.2 Å². The highest BCUT2D eigenvalue weighted by molar-refractivity contribution is 8.00. The predicted molar refractivity (Wildman–Crippen MR) is 148 cm³/mol. The van der Waals surface area contributed by atoms with Gasteiger partial charge in [-0.25, -0.2) is 9.78 Å². The van der Waals surface area contributed by atoms with Crippen LogP contribution in [-0.4, -0.2) is 44.8 Å². The van der Waals surface area contributed by atoms with Gasteiger partial charge in [-0.2, -0.15) is 0 Å². The first-order chi connectivity index (χ1) is 18.9. The third-order valence-electron chi connectivity index (χ3n) is 6.34. The molecule has 3 atom stereocenters. The summed E-state index contributed by atoms with van der Waals surface area (Å²) in [4.78, 5) is 56.4. The van der Waals surface area contributed by atoms with Crippen LogP contribution < -0.4 is 11.1 Å². The molecule has 0 radical (unpaired) electrons. The van der Waals surface area contributed by atoms with Crippen molar-refractivity contribution in [3.05, 3.63) is 112 Å². The molecule has 5 rings (SSSR count). The van der Waals surface area contributed by atoms with Crippen LogP contribution in [0.25, 0.3) is 0 Å². The van der Waals surface area contributed by atoms with Crippen LogP contribution in [0.2, 0.25) is 0 Å². The molecule has 0 spiro atoms. The number of rotatable bonds is 9. The number of nitrogens with one attached hydrogen (secondary N) is 1. The maximum atomic E-state index is 13.6. The number of allylic oxidation sites excluding steroid dienone is 1. The minimum absolute atomic E-state index is 0.0819. The molecule has 2 aliphatic heterocycles. The van der Waals surface area contributed by atoms with E-state index >= 15 is 0 Å². The number of amides is 2. The van der Waals surface area contributed by atoms with Gasteiger partial charge in [0.05, 0.1) is 5.69 Å². The molecule has 3 heterocycles. The Balaban J connectivity index is 1.37. The number of benzene rings is 2. The average Bonchev–Trinajstić information content (AvgIpc) is 3.40. The zero-order valence-corrected chi connectivity index (χ0v) is 22.1. The van der Waals surface area contributed by atoms with E-state index in [4.69, 9.17) is 10.5 Å². The Hall–Kier alpha value is -4.29. The van der Waals surface area contributed by atoms with E-state index in [0.29, 0.717) is 11.3 Å². The predicted octanol–water partition coefficient (Wildman–Crippen LogP) is 3.71. The van der Waals surface area contributed by atoms with Gasteiger partial charge in [-0.1, -0.05) is 73.3 Å². The third kappa shape index (κ3) is 5.08. The molecule has 12 heteroatoms. The van der Waals surface area contributed by atoms with Gasteiger partial charge in [0, 0.05) is 11.1 Å². The summed E-state index contributed by atoms with van der Waals surface area (Å²) in [5.41, 5.74) is 7.89. The fraction of sp³-hybridized carbons (Fsp3) is 0.185. The molecule has 2 unspecified atom stereocenters. The maximum Gasteiger partial charge on any atom is 0.356 e. The quantitative estimate of drug-likeness (QED) is 0.229. The zero-order valence-electron chi connectivity index (χ0n) is 20.4. The number of anilines is 1. The molecule has 0 aliphatic carbocycles. The lowest BCUT2D eigenvalue weighted by Gasteiger charge is -2.49. The van der Waals surface area contributed by atoms with Gasteiger partial charge < -0.3 is 15.8 Å². The van der Waals surface area contributed by atoms with Crippen LogP contribution in [0.15, 0.2) is 95.1 Å². The highest BCUT2D eigenvalue weighted by atomic mass is 32.2. The molecular weight excluding hydrogens is 538 g/mol. The van der Waals surface area contributed by atoms with E-state index in [2.05, 4.69) is 22.1 Å². The largest absolute Gasteiger partial charge is 0.448 e. The molecule has 0 saturated carbocycles. The SMILES string of the molecule is C=CC1=C(C(=O)OC(c2ccccc2)c2ccccc2)N2C(=O)C(NC(=O)C(N=O)c3csc(N)n3)[C@H]2SC1. The van der Waals surface area contributed by atoms with Gasteiger partial charge in [-0.15, -0.1) is 28.0 Å². The van der Waals surface area contributed by atoms with Gasteiger partial charge in [0.2, 0.25) is 6.04 Å². The number of fused-ring (bicyclic) bond motifs is 1. The van der Waals surface area contributed by atoms with Gasteiger partial charge >= 0.3 is 5.97 Å². The minimum atomic E-state index is -1.45. The first-order valence-corrected chi connectivity index (χ1v) is 13.8. The number of hydrogen-bond donors (Lipinski definition) is 2. The Morgan fingerprint density at radius 1 is 1.15 bits per heavy atom. The van der Waals surface area contributed by atoms with Crippen molar-refractivity contribution in [3.8, 4) is 0 Å². The van der Waals surface area contributed by atoms with Crippen LogP contribution in [0.3, 0.4) is 0 Å². The van der Waals surface area contributed by atoms with Crippen LogP contribution in [0, 0.1) is 4.91 Å². The fourth-order valence-corrected chi connectivity index (χ4v) is 6.35. The van der Waals surface area contributed by atoms with Crippen LogP contribution in [0.4, 0.5) is 5.13 Å². The molecule has 198 valence electrons. The summed E-state index contributed by atoms with van der Waals surface area (Å²) in [6, 6.07) is 16.2. The molecule has 10 nitrogen and oxygen atoms in total. The average molecular weight is 562 g/mol. The summed E-state index contributed by atoms with van der Waals surface area (Å²) in [7, 11) is 0. The molecular formula is C27H23N5O5S2. The second-order valence-electron chi connectivity index (χ2n) is 8.70. The molecule has 2 amide bonds. The Bertz CT molecular complexity index is 1420. The highest BCUT2D eigenvalue weighted by Crippen LogP contribution is 2.42. The van der Waals surface area contributed by atoms with Crippen molar-refractivity contribution >= 4 is 46.0 Å². The van der Waals surface area contributed by atoms with Crippen molar-refractivity contribution in [2.24, 2.45) is 5.18 Å². The monoisotopic (exact) mass is 561 g/mol. The molecule has 0 bridgehead atoms. The second kappa shape index (κ2) is 11.2. The Morgan fingerprint density at radius 2 is 1.79 bits per heavy atom. The Labute approximate surface area is 231 Å². The van der Waals surface area contributed by atoms with E-state index in [9.17, 15) is 19.3 Å². The summed E-state index contributed by atoms with van der Waals surface area (Å²) in [5, 5.41) is 6.54. The standard InChI is InChI=1S/C27H23N5O5S2/c1-2-15-13-38-25-20(30-23(33)19(31-36)18-14-39-27(28)29-18)24(34)32(25)21(15)26(35)37-22(16-9-5-3-6-10-16)17-11-7-4-8-12-17/h2-12,14,19-20,22,25H,1,13H2,(H2,28,29)(H,30,33)/t19?,20?,25-/m1/s1. The van der Waals surface area contributed by atoms with Crippen molar-refractivity contribution in [2.75, 3.05) is 11.5 Å². The third-order valence-corrected chi connectivity index (χ3v) is 8.33. The van der Waals surface area contributed by atoms with E-state index in [1.807, 2.05) is 60.7 Å². The van der Waals surface area contributed by atoms with Gasteiger partial charge in [0.1, 0.15) is 17.1 Å². The van der Waals surface area contributed by atoms with E-state index < -0.39 is 41.3 Å². The van der Waals surface area contributed by atoms with E-state index in [-0.39, 0.29) is 16.5 Å². The summed E-state index contributed by atoms with van der Waals surface area (Å²) in [6.07, 6.45) is 0.821. The number of thioether (sulfide) groups is 1. The fourth-order valence-electron chi connectivity index (χ4n) is 4.43. The number of esters is 1. The van der Waals surface area contributed by atoms with Crippen molar-refractivity contribution in [2.45, 2.75) is 23.6 Å². The highest BCUT2D eigenvalue weighted by Gasteiger charge is 2.55. The molecule has 3 N–H and O–H groups in total. The number of nitrogens with two attached hydrogens (primary N) is 1. The normalized spacial score (nSPS) is 19.1. The minimum Gasteiger partial charge on any atom is -0.448 e. The van der Waals surface area contributed by atoms with E-state index in [1.54, 1.807) is 0 Å². The first kappa shape index (κ1) is 26.3. The summed E-state index contributed by atoms with van der Waals surface area (Å²) in [5.74, 6) is -1.60. The smallest absolute Gasteiger partial charge is 0.356 e. The van der Waals surface area contributed by atoms with Crippen molar-refractivity contribution < 1.29 is 19.1 Å². The molecule has 1 aromatic heterocycles. The first-order valence-electron chi connectivity index (χ1n) is 11.9. The molecule has 2 aromatic carbocycles. The number of carbonyl (C=O) groups excluding carboxylic acids is 3. The Morgan fingerprint density at radius 3 is 2.33 bits per heavy atom. The summed E-state index contributed by atoms with van der Waals surface area (Å²) in [6.45, 7) is 3.81. The molecule has 1 saturated heterocycles. The molecule has 1 fully saturated rings. The summed E-state index contributed by atoms with van der Waals surface area (Å²) < 4.78 is 6.02. The number of nitrogen functional groups attached to an aromatic ring is 1. The van der Waals surface area contributed by atoms with Crippen LogP contribution in [-0.2, 0) is 19.1 Å². The van der Waals surface area contributed by atoms with Gasteiger partial charge in [-0.3, -0.25) is 14.5 Å². The van der Waals surface area contributed by atoms with E-state index in [1.165, 1.54) is 28.1 Å². The molecule has 3 aromatic rings. The maximum absolute atomic E-state index is 13.6. The number of thiazole rings is 1. The number of nitrogens with zero attached hydrogens (tertiary/aromatic N) is 3. The number of aromatic nitrogens is 1. The molecule has 2 aliphatic rings. The lowest BCUT2D eigenvalue weighted by Crippen LogP contribution is -2.70. The van der Waals surface area contributed by atoms with Crippen LogP contribution in [0.5, 0.6) is 0 Å². The Kier molecular flexibility index (Phi) is 7.57. The number of nitroso groups, excluding NO2 is 1. The van der Waals surface area contributed by atoms with Crippen molar-refractivity contribution in [1.29, 1.82) is 0 Å². The topological polar surface area (TPSA) is 144 Å². The number of ether oxygens (including phenoxy) is 1. The number of hydrogen-bond acceptors (Lipinski definition) is 10. The lowest BCUT2D eigenvalue weighted by atomic mass is 10.0.